The number of amides is 1. The summed E-state index contributed by atoms with van der Waals surface area (Å²) in [4.78, 5) is 20.9. The van der Waals surface area contributed by atoms with Gasteiger partial charge in [-0.1, -0.05) is 23.7 Å². The van der Waals surface area contributed by atoms with Gasteiger partial charge in [0, 0.05) is 6.42 Å². The Morgan fingerprint density at radius 3 is 2.88 bits per heavy atom. The monoisotopic (exact) mass is 245 g/mol. The molecule has 0 aromatic heterocycles. The van der Waals surface area contributed by atoms with Gasteiger partial charge in [-0.2, -0.15) is 0 Å². The molecule has 0 radical (unpaired) electrons. The van der Waals surface area contributed by atoms with Gasteiger partial charge in [-0.05, 0) is 11.6 Å². The lowest BCUT2D eigenvalue weighted by molar-refractivity contribution is -0.140. The second kappa shape index (κ2) is 5.46. The average Bonchev–Trinajstić information content (AvgIpc) is 2.23. The third kappa shape index (κ3) is 2.93. The van der Waals surface area contributed by atoms with Crippen LogP contribution in [-0.2, 0) is 16.0 Å². The molecule has 86 valence electrons. The van der Waals surface area contributed by atoms with E-state index in [-0.39, 0.29) is 23.4 Å². The molecule has 0 saturated heterocycles. The van der Waals surface area contributed by atoms with Gasteiger partial charge >= 0.3 is 5.97 Å². The van der Waals surface area contributed by atoms with Crippen LogP contribution in [0, 0.1) is 5.82 Å². The van der Waals surface area contributed by atoms with E-state index in [1.54, 1.807) is 0 Å². The predicted molar refractivity (Wildman–Crippen MR) is 55.7 cm³/mol. The fourth-order valence-electron chi connectivity index (χ4n) is 1.23. The summed E-state index contributed by atoms with van der Waals surface area (Å²) in [5, 5.41) is 10.8. The Bertz CT molecular complexity index is 411. The highest BCUT2D eigenvalue weighted by atomic mass is 35.5. The van der Waals surface area contributed by atoms with Gasteiger partial charge in [0.15, 0.2) is 0 Å². The number of carboxylic acids is 1. The van der Waals surface area contributed by atoms with Crippen molar-refractivity contribution in [3.8, 4) is 0 Å². The number of benzene rings is 1. The minimum Gasteiger partial charge on any atom is -0.480 e. The van der Waals surface area contributed by atoms with Crippen LogP contribution in [0.25, 0.3) is 0 Å². The summed E-state index contributed by atoms with van der Waals surface area (Å²) in [6.45, 7) is 0. The van der Waals surface area contributed by atoms with Crippen LogP contribution in [0.3, 0.4) is 0 Å². The molecule has 1 atom stereocenters. The molecule has 2 N–H and O–H groups in total. The molecule has 0 bridgehead atoms. The number of rotatable bonds is 5. The zero-order valence-electron chi connectivity index (χ0n) is 8.11. The number of hydrogen-bond donors (Lipinski definition) is 2. The van der Waals surface area contributed by atoms with Crippen LogP contribution in [-0.4, -0.2) is 23.5 Å². The van der Waals surface area contributed by atoms with Crippen LogP contribution < -0.4 is 5.32 Å². The third-order valence-corrected chi connectivity index (χ3v) is 2.31. The van der Waals surface area contributed by atoms with E-state index in [9.17, 15) is 14.0 Å². The minimum atomic E-state index is -1.23. The normalized spacial score (nSPS) is 11.9. The number of hydrogen-bond acceptors (Lipinski definition) is 2. The zero-order chi connectivity index (χ0) is 12.1. The number of carboxylic acid groups (broad SMARTS) is 1. The Kier molecular flexibility index (Phi) is 4.25. The molecule has 1 unspecified atom stereocenters. The standard InChI is InChI=1S/C10H9ClFNO3/c11-7-3-1-2-6(9(7)12)4-8(10(15)16)13-5-14/h1-3,5,8H,4H2,(H,13,14)(H,15,16). The van der Waals surface area contributed by atoms with E-state index >= 15 is 0 Å². The van der Waals surface area contributed by atoms with Crippen molar-refractivity contribution in [1.82, 2.24) is 5.32 Å². The molecular formula is C10H9ClFNO3. The third-order valence-electron chi connectivity index (χ3n) is 2.02. The molecular weight excluding hydrogens is 237 g/mol. The SMILES string of the molecule is O=CNC(Cc1cccc(Cl)c1F)C(=O)O. The molecule has 0 aliphatic carbocycles. The molecule has 1 amide bonds. The molecule has 4 nitrogen and oxygen atoms in total. The highest BCUT2D eigenvalue weighted by Gasteiger charge is 2.19. The van der Waals surface area contributed by atoms with Gasteiger partial charge in [-0.25, -0.2) is 9.18 Å². The van der Waals surface area contributed by atoms with Gasteiger partial charge in [0.05, 0.1) is 5.02 Å². The van der Waals surface area contributed by atoms with Gasteiger partial charge in [0.1, 0.15) is 11.9 Å². The number of halogens is 2. The van der Waals surface area contributed by atoms with Gasteiger partial charge in [-0.3, -0.25) is 4.79 Å². The van der Waals surface area contributed by atoms with E-state index < -0.39 is 17.8 Å². The van der Waals surface area contributed by atoms with E-state index in [1.807, 2.05) is 0 Å². The number of carbonyl (C=O) groups is 2. The van der Waals surface area contributed by atoms with Crippen LogP contribution in [0.4, 0.5) is 4.39 Å². The van der Waals surface area contributed by atoms with Crippen molar-refractivity contribution >= 4 is 24.0 Å². The topological polar surface area (TPSA) is 66.4 Å². The van der Waals surface area contributed by atoms with Gasteiger partial charge in [0.2, 0.25) is 6.41 Å². The van der Waals surface area contributed by atoms with Gasteiger partial charge in [0.25, 0.3) is 0 Å². The fourth-order valence-corrected chi connectivity index (χ4v) is 1.42. The molecule has 1 aromatic rings. The first-order valence-corrected chi connectivity index (χ1v) is 4.79. The number of aliphatic carboxylic acids is 1. The second-order valence-corrected chi connectivity index (χ2v) is 3.50. The molecule has 0 aliphatic rings. The van der Waals surface area contributed by atoms with Crippen LogP contribution in [0.5, 0.6) is 0 Å². The molecule has 0 fully saturated rings. The molecule has 6 heteroatoms. The van der Waals surface area contributed by atoms with Crippen molar-refractivity contribution in [2.45, 2.75) is 12.5 Å². The van der Waals surface area contributed by atoms with Crippen LogP contribution in [0.1, 0.15) is 5.56 Å². The molecule has 1 rings (SSSR count). The summed E-state index contributed by atoms with van der Waals surface area (Å²) in [5.74, 6) is -1.89. The number of carbonyl (C=O) groups excluding carboxylic acids is 1. The molecule has 0 saturated carbocycles. The molecule has 0 aliphatic heterocycles. The minimum absolute atomic E-state index is 0.0762. The molecule has 1 aromatic carbocycles. The van der Waals surface area contributed by atoms with E-state index in [0.717, 1.165) is 0 Å². The quantitative estimate of drug-likeness (QED) is 0.767. The van der Waals surface area contributed by atoms with Crippen molar-refractivity contribution < 1.29 is 19.1 Å². The fraction of sp³-hybridized carbons (Fsp3) is 0.200. The Morgan fingerprint density at radius 1 is 1.62 bits per heavy atom. The summed E-state index contributed by atoms with van der Waals surface area (Å²) < 4.78 is 13.4. The summed E-state index contributed by atoms with van der Waals surface area (Å²) in [6.07, 6.45) is 0.113. The van der Waals surface area contributed by atoms with Crippen molar-refractivity contribution in [3.05, 3.63) is 34.6 Å². The Balaban J connectivity index is 2.89. The first-order chi connectivity index (χ1) is 7.56. The van der Waals surface area contributed by atoms with E-state index in [1.165, 1.54) is 18.2 Å². The van der Waals surface area contributed by atoms with Gasteiger partial charge < -0.3 is 10.4 Å². The first-order valence-electron chi connectivity index (χ1n) is 4.41. The zero-order valence-corrected chi connectivity index (χ0v) is 8.87. The Labute approximate surface area is 96.0 Å². The Morgan fingerprint density at radius 2 is 2.31 bits per heavy atom. The molecule has 0 spiro atoms. The smallest absolute Gasteiger partial charge is 0.326 e. The highest BCUT2D eigenvalue weighted by molar-refractivity contribution is 6.30. The largest absolute Gasteiger partial charge is 0.480 e. The van der Waals surface area contributed by atoms with Crippen molar-refractivity contribution in [2.24, 2.45) is 0 Å². The summed E-state index contributed by atoms with van der Waals surface area (Å²) in [7, 11) is 0. The van der Waals surface area contributed by atoms with Crippen molar-refractivity contribution in [2.75, 3.05) is 0 Å². The molecule has 0 heterocycles. The van der Waals surface area contributed by atoms with Crippen LogP contribution >= 0.6 is 11.6 Å². The number of nitrogens with one attached hydrogen (secondary N) is 1. The summed E-state index contributed by atoms with van der Waals surface area (Å²) >= 11 is 5.54. The second-order valence-electron chi connectivity index (χ2n) is 3.09. The van der Waals surface area contributed by atoms with E-state index in [4.69, 9.17) is 16.7 Å². The van der Waals surface area contributed by atoms with Crippen LogP contribution in [0.2, 0.25) is 5.02 Å². The average molecular weight is 246 g/mol. The first kappa shape index (κ1) is 12.4. The van der Waals surface area contributed by atoms with Crippen molar-refractivity contribution in [3.63, 3.8) is 0 Å². The van der Waals surface area contributed by atoms with E-state index in [0.29, 0.717) is 0 Å². The maximum absolute atomic E-state index is 13.4. The highest BCUT2D eigenvalue weighted by Crippen LogP contribution is 2.18. The summed E-state index contributed by atoms with van der Waals surface area (Å²) in [5.41, 5.74) is 0.147. The van der Waals surface area contributed by atoms with Crippen LogP contribution in [0.15, 0.2) is 18.2 Å². The van der Waals surface area contributed by atoms with Crippen molar-refractivity contribution in [1.29, 1.82) is 0 Å². The summed E-state index contributed by atoms with van der Waals surface area (Å²) in [6, 6.07) is 3.14. The van der Waals surface area contributed by atoms with Gasteiger partial charge in [-0.15, -0.1) is 0 Å². The maximum atomic E-state index is 13.4. The predicted octanol–water partition coefficient (Wildman–Crippen LogP) is 1.22. The lowest BCUT2D eigenvalue weighted by Gasteiger charge is -2.11. The maximum Gasteiger partial charge on any atom is 0.326 e. The Hall–Kier alpha value is -1.62. The molecule has 16 heavy (non-hydrogen) atoms. The lowest BCUT2D eigenvalue weighted by Crippen LogP contribution is -2.37. The lowest BCUT2D eigenvalue weighted by atomic mass is 10.1. The van der Waals surface area contributed by atoms with E-state index in [2.05, 4.69) is 5.32 Å².